The number of ether oxygens (including phenoxy) is 1. The number of nitrogens with one attached hydrogen (secondary N) is 1. The van der Waals surface area contributed by atoms with Crippen LogP contribution in [0.25, 0.3) is 0 Å². The van der Waals surface area contributed by atoms with E-state index in [1.54, 1.807) is 11.9 Å². The van der Waals surface area contributed by atoms with Gasteiger partial charge in [-0.2, -0.15) is 0 Å². The highest BCUT2D eigenvalue weighted by atomic mass is 16.5. The van der Waals surface area contributed by atoms with Gasteiger partial charge in [-0.15, -0.1) is 0 Å². The fraction of sp³-hybridized carbons (Fsp3) is 0.440. The zero-order valence-electron chi connectivity index (χ0n) is 19.4. The summed E-state index contributed by atoms with van der Waals surface area (Å²) in [6.07, 6.45) is 0.439. The van der Waals surface area contributed by atoms with Crippen molar-refractivity contribution >= 4 is 17.6 Å². The lowest BCUT2D eigenvalue weighted by molar-refractivity contribution is -0.139. The Hall–Kier alpha value is -3.10. The van der Waals surface area contributed by atoms with E-state index in [0.29, 0.717) is 6.61 Å². The third kappa shape index (κ3) is 3.83. The third-order valence-electron chi connectivity index (χ3n) is 6.77. The van der Waals surface area contributed by atoms with Crippen LogP contribution in [0.4, 0.5) is 10.5 Å². The average molecular weight is 450 g/mol. The molecule has 8 heteroatoms. The molecule has 3 amide bonds. The summed E-state index contributed by atoms with van der Waals surface area (Å²) in [4.78, 5) is 34.4. The standard InChI is InChI=1S/C25H31N5O3/c1-4-33-20-11-9-19(10-12-20)28-13-6-14-29-21-22(26-24(28)29)27(3)25(32)30(23(21)31)16-18-8-5-7-17(2)15-18/h5,7-12,15,21-22,24,26H,4,6,13-14,16H2,1-3H3. The van der Waals surface area contributed by atoms with Gasteiger partial charge < -0.3 is 14.5 Å². The molecule has 0 spiro atoms. The van der Waals surface area contributed by atoms with E-state index in [1.165, 1.54) is 4.90 Å². The number of rotatable bonds is 5. The number of benzene rings is 2. The maximum Gasteiger partial charge on any atom is 0.328 e. The highest BCUT2D eigenvalue weighted by Crippen LogP contribution is 2.34. The summed E-state index contributed by atoms with van der Waals surface area (Å²) in [7, 11) is 1.78. The van der Waals surface area contributed by atoms with Gasteiger partial charge in [0.25, 0.3) is 5.91 Å². The molecule has 3 atom stereocenters. The van der Waals surface area contributed by atoms with Crippen LogP contribution in [0.1, 0.15) is 24.5 Å². The predicted molar refractivity (Wildman–Crippen MR) is 126 cm³/mol. The van der Waals surface area contributed by atoms with E-state index in [0.717, 1.165) is 42.1 Å². The van der Waals surface area contributed by atoms with E-state index in [9.17, 15) is 9.59 Å². The van der Waals surface area contributed by atoms with Gasteiger partial charge in [-0.1, -0.05) is 29.8 Å². The molecule has 3 unspecified atom stereocenters. The number of imide groups is 1. The highest BCUT2D eigenvalue weighted by Gasteiger charge is 2.56. The second-order valence-corrected chi connectivity index (χ2v) is 8.95. The van der Waals surface area contributed by atoms with Crippen LogP contribution in [0.15, 0.2) is 48.5 Å². The first-order valence-corrected chi connectivity index (χ1v) is 11.6. The summed E-state index contributed by atoms with van der Waals surface area (Å²) in [5.41, 5.74) is 3.14. The number of amides is 3. The van der Waals surface area contributed by atoms with Gasteiger partial charge >= 0.3 is 6.03 Å². The Morgan fingerprint density at radius 3 is 2.61 bits per heavy atom. The van der Waals surface area contributed by atoms with E-state index in [-0.39, 0.29) is 30.9 Å². The molecule has 3 heterocycles. The normalized spacial score (nSPS) is 25.3. The van der Waals surface area contributed by atoms with Gasteiger partial charge in [0.2, 0.25) is 0 Å². The van der Waals surface area contributed by atoms with E-state index < -0.39 is 6.04 Å². The van der Waals surface area contributed by atoms with Crippen molar-refractivity contribution in [3.63, 3.8) is 0 Å². The summed E-state index contributed by atoms with van der Waals surface area (Å²) in [6, 6.07) is 15.4. The maximum absolute atomic E-state index is 13.6. The van der Waals surface area contributed by atoms with Crippen molar-refractivity contribution in [2.24, 2.45) is 0 Å². The van der Waals surface area contributed by atoms with Crippen molar-refractivity contribution in [1.29, 1.82) is 0 Å². The highest BCUT2D eigenvalue weighted by molar-refractivity contribution is 6.00. The van der Waals surface area contributed by atoms with Gasteiger partial charge in [0.15, 0.2) is 0 Å². The predicted octanol–water partition coefficient (Wildman–Crippen LogP) is 2.58. The fourth-order valence-electron chi connectivity index (χ4n) is 5.22. The zero-order valence-corrected chi connectivity index (χ0v) is 19.4. The number of anilines is 1. The van der Waals surface area contributed by atoms with Gasteiger partial charge in [0.1, 0.15) is 24.2 Å². The van der Waals surface area contributed by atoms with Crippen LogP contribution in [0, 0.1) is 6.92 Å². The molecule has 2 aromatic rings. The summed E-state index contributed by atoms with van der Waals surface area (Å²) in [5, 5.41) is 3.57. The van der Waals surface area contributed by atoms with E-state index >= 15 is 0 Å². The average Bonchev–Trinajstić information content (AvgIpc) is 3.21. The van der Waals surface area contributed by atoms with Crippen LogP contribution in [0.2, 0.25) is 0 Å². The number of hydrogen-bond donors (Lipinski definition) is 1. The molecule has 8 nitrogen and oxygen atoms in total. The number of aryl methyl sites for hydroxylation is 1. The molecule has 3 fully saturated rings. The van der Waals surface area contributed by atoms with Crippen LogP contribution in [0.3, 0.4) is 0 Å². The minimum absolute atomic E-state index is 0.131. The minimum atomic E-state index is -0.409. The Labute approximate surface area is 194 Å². The summed E-state index contributed by atoms with van der Waals surface area (Å²) in [6.45, 7) is 6.58. The molecular weight excluding hydrogens is 418 g/mol. The molecule has 5 rings (SSSR count). The summed E-state index contributed by atoms with van der Waals surface area (Å²) in [5.74, 6) is 0.712. The van der Waals surface area contributed by atoms with E-state index in [4.69, 9.17) is 4.74 Å². The third-order valence-corrected chi connectivity index (χ3v) is 6.77. The Balaban J connectivity index is 1.40. The first kappa shape index (κ1) is 21.7. The van der Waals surface area contributed by atoms with Crippen molar-refractivity contribution in [2.45, 2.75) is 45.3 Å². The Morgan fingerprint density at radius 2 is 1.88 bits per heavy atom. The second-order valence-electron chi connectivity index (χ2n) is 8.95. The summed E-state index contributed by atoms with van der Waals surface area (Å²) >= 11 is 0. The van der Waals surface area contributed by atoms with Crippen LogP contribution in [0.5, 0.6) is 5.75 Å². The van der Waals surface area contributed by atoms with E-state index in [2.05, 4.69) is 27.2 Å². The number of fused-ring (bicyclic) bond motifs is 3. The second kappa shape index (κ2) is 8.68. The Kier molecular flexibility index (Phi) is 5.72. The lowest BCUT2D eigenvalue weighted by Gasteiger charge is -2.44. The number of likely N-dealkylation sites (N-methyl/N-ethyl adjacent to an activating group) is 1. The molecule has 3 aliphatic heterocycles. The van der Waals surface area contributed by atoms with Gasteiger partial charge in [-0.3, -0.25) is 19.9 Å². The number of nitrogens with zero attached hydrogens (tertiary/aromatic N) is 4. The number of hydrogen-bond acceptors (Lipinski definition) is 6. The topological polar surface area (TPSA) is 68.4 Å². The fourth-order valence-corrected chi connectivity index (χ4v) is 5.22. The zero-order chi connectivity index (χ0) is 23.1. The van der Waals surface area contributed by atoms with Gasteiger partial charge in [0, 0.05) is 25.8 Å². The maximum atomic E-state index is 13.6. The van der Waals surface area contributed by atoms with Crippen molar-refractivity contribution in [3.8, 4) is 5.75 Å². The minimum Gasteiger partial charge on any atom is -0.494 e. The van der Waals surface area contributed by atoms with Gasteiger partial charge in [0.05, 0.1) is 13.2 Å². The van der Waals surface area contributed by atoms with E-state index in [1.807, 2.05) is 50.2 Å². The molecule has 174 valence electrons. The summed E-state index contributed by atoms with van der Waals surface area (Å²) < 4.78 is 5.58. The largest absolute Gasteiger partial charge is 0.494 e. The first-order valence-electron chi connectivity index (χ1n) is 11.6. The van der Waals surface area contributed by atoms with Crippen molar-refractivity contribution < 1.29 is 14.3 Å². The van der Waals surface area contributed by atoms with Gasteiger partial charge in [-0.25, -0.2) is 4.79 Å². The van der Waals surface area contributed by atoms with Crippen LogP contribution >= 0.6 is 0 Å². The number of urea groups is 1. The monoisotopic (exact) mass is 449 g/mol. The van der Waals surface area contributed by atoms with Crippen molar-refractivity contribution in [2.75, 3.05) is 31.6 Å². The lowest BCUT2D eigenvalue weighted by Crippen LogP contribution is -2.66. The molecule has 33 heavy (non-hydrogen) atoms. The smallest absolute Gasteiger partial charge is 0.328 e. The van der Waals surface area contributed by atoms with Crippen LogP contribution < -0.4 is 15.0 Å². The lowest BCUT2D eigenvalue weighted by atomic mass is 10.1. The quantitative estimate of drug-likeness (QED) is 0.757. The number of carbonyl (C=O) groups is 2. The molecule has 0 saturated carbocycles. The molecule has 0 aromatic heterocycles. The van der Waals surface area contributed by atoms with Gasteiger partial charge in [-0.05, 0) is 50.1 Å². The Morgan fingerprint density at radius 1 is 1.09 bits per heavy atom. The molecule has 0 bridgehead atoms. The van der Waals surface area contributed by atoms with Crippen LogP contribution in [-0.2, 0) is 11.3 Å². The molecule has 1 N–H and O–H groups in total. The molecule has 0 aliphatic carbocycles. The van der Waals surface area contributed by atoms with Crippen LogP contribution in [-0.4, -0.2) is 71.9 Å². The van der Waals surface area contributed by atoms with Crippen molar-refractivity contribution in [1.82, 2.24) is 20.0 Å². The molecular formula is C25H31N5O3. The SMILES string of the molecule is CCOc1ccc(N2CCCN3C4C(=O)N(Cc5cccc(C)c5)C(=O)N(C)C4NC23)cc1. The molecule has 2 aromatic carbocycles. The Bertz CT molecular complexity index is 1040. The molecule has 3 aliphatic rings. The molecule has 0 radical (unpaired) electrons. The molecule has 3 saturated heterocycles. The number of carbonyl (C=O) groups excluding carboxylic acids is 2. The first-order chi connectivity index (χ1) is 16.0. The van der Waals surface area contributed by atoms with Crippen molar-refractivity contribution in [3.05, 3.63) is 59.7 Å².